The molecule has 2 aromatic carbocycles. The highest BCUT2D eigenvalue weighted by molar-refractivity contribution is 6.22. The Bertz CT molecular complexity index is 976. The first-order valence-electron chi connectivity index (χ1n) is 9.44. The van der Waals surface area contributed by atoms with E-state index in [9.17, 15) is 14.4 Å². The molecule has 1 fully saturated rings. The second-order valence-corrected chi connectivity index (χ2v) is 7.37. The molecule has 0 aromatic heterocycles. The lowest BCUT2D eigenvalue weighted by Gasteiger charge is -2.17. The second kappa shape index (κ2) is 7.20. The molecule has 2 heterocycles. The predicted molar refractivity (Wildman–Crippen MR) is 105 cm³/mol. The quantitative estimate of drug-likeness (QED) is 0.828. The van der Waals surface area contributed by atoms with Gasteiger partial charge in [-0.25, -0.2) is 0 Å². The number of rotatable bonds is 4. The van der Waals surface area contributed by atoms with Crippen molar-refractivity contribution in [2.75, 3.05) is 18.5 Å². The Hall–Kier alpha value is -2.99. The first-order valence-corrected chi connectivity index (χ1v) is 9.44. The molecule has 1 saturated heterocycles. The molecule has 0 spiro atoms. The zero-order valence-corrected chi connectivity index (χ0v) is 16.0. The third-order valence-electron chi connectivity index (χ3n) is 5.41. The number of ether oxygens (including phenoxy) is 1. The maximum Gasteiger partial charge on any atom is 0.261 e. The fraction of sp³-hybridized carbons (Fsp3) is 0.318. The highest BCUT2D eigenvalue weighted by atomic mass is 16.5. The molecule has 6 heteroatoms. The summed E-state index contributed by atoms with van der Waals surface area (Å²) in [5.74, 6) is -1.00. The van der Waals surface area contributed by atoms with Crippen LogP contribution in [0.5, 0.6) is 0 Å². The van der Waals surface area contributed by atoms with Crippen molar-refractivity contribution in [1.82, 2.24) is 4.90 Å². The summed E-state index contributed by atoms with van der Waals surface area (Å²) in [4.78, 5) is 39.2. The van der Waals surface area contributed by atoms with Gasteiger partial charge in [0.25, 0.3) is 17.7 Å². The van der Waals surface area contributed by atoms with Crippen LogP contribution in [0.1, 0.15) is 55.0 Å². The maximum absolute atomic E-state index is 12.7. The Labute approximate surface area is 163 Å². The van der Waals surface area contributed by atoms with Crippen molar-refractivity contribution in [3.05, 3.63) is 64.2 Å². The fourth-order valence-corrected chi connectivity index (χ4v) is 3.61. The van der Waals surface area contributed by atoms with E-state index in [2.05, 4.69) is 5.32 Å². The van der Waals surface area contributed by atoms with E-state index < -0.39 is 0 Å². The number of hydrogen-bond acceptors (Lipinski definition) is 4. The molecule has 2 aromatic rings. The van der Waals surface area contributed by atoms with Gasteiger partial charge in [-0.3, -0.25) is 19.3 Å². The van der Waals surface area contributed by atoms with Gasteiger partial charge in [0, 0.05) is 17.9 Å². The van der Waals surface area contributed by atoms with Crippen LogP contribution >= 0.6 is 0 Å². The van der Waals surface area contributed by atoms with Crippen molar-refractivity contribution in [3.8, 4) is 0 Å². The molecule has 144 valence electrons. The van der Waals surface area contributed by atoms with Gasteiger partial charge < -0.3 is 10.1 Å². The molecule has 0 bridgehead atoms. The number of amides is 3. The van der Waals surface area contributed by atoms with Gasteiger partial charge in [-0.1, -0.05) is 6.07 Å². The number of imide groups is 1. The Balaban J connectivity index is 1.53. The van der Waals surface area contributed by atoms with E-state index in [1.54, 1.807) is 12.1 Å². The van der Waals surface area contributed by atoms with E-state index in [1.807, 2.05) is 32.0 Å². The van der Waals surface area contributed by atoms with E-state index in [-0.39, 0.29) is 35.9 Å². The largest absolute Gasteiger partial charge is 0.376 e. The number of carbonyl (C=O) groups excluding carboxylic acids is 3. The normalized spacial score (nSPS) is 18.5. The van der Waals surface area contributed by atoms with Crippen LogP contribution < -0.4 is 5.32 Å². The molecule has 6 nitrogen and oxygen atoms in total. The van der Waals surface area contributed by atoms with Crippen LogP contribution in [0, 0.1) is 13.8 Å². The highest BCUT2D eigenvalue weighted by Crippen LogP contribution is 2.26. The first-order chi connectivity index (χ1) is 13.4. The number of nitrogens with zero attached hydrogens (tertiary/aromatic N) is 1. The molecule has 0 saturated carbocycles. The molecule has 3 amide bonds. The number of nitrogens with one attached hydrogen (secondary N) is 1. The lowest BCUT2D eigenvalue weighted by molar-refractivity contribution is 0.0475. The summed E-state index contributed by atoms with van der Waals surface area (Å²) in [5, 5.41) is 2.84. The van der Waals surface area contributed by atoms with Crippen LogP contribution in [0.25, 0.3) is 0 Å². The van der Waals surface area contributed by atoms with Crippen LogP contribution in [0.15, 0.2) is 36.4 Å². The smallest absolute Gasteiger partial charge is 0.261 e. The van der Waals surface area contributed by atoms with Gasteiger partial charge in [-0.2, -0.15) is 0 Å². The van der Waals surface area contributed by atoms with Gasteiger partial charge in [0.2, 0.25) is 0 Å². The topological polar surface area (TPSA) is 75.7 Å². The molecular formula is C22H22N2O4. The van der Waals surface area contributed by atoms with Gasteiger partial charge in [0.1, 0.15) is 0 Å². The minimum Gasteiger partial charge on any atom is -0.376 e. The zero-order valence-electron chi connectivity index (χ0n) is 16.0. The van der Waals surface area contributed by atoms with Crippen LogP contribution in [0.2, 0.25) is 0 Å². The van der Waals surface area contributed by atoms with E-state index in [1.165, 1.54) is 11.0 Å². The van der Waals surface area contributed by atoms with E-state index in [0.29, 0.717) is 23.4 Å². The number of anilines is 1. The third kappa shape index (κ3) is 3.31. The van der Waals surface area contributed by atoms with Crippen LogP contribution in [-0.4, -0.2) is 41.9 Å². The van der Waals surface area contributed by atoms with Gasteiger partial charge in [-0.15, -0.1) is 0 Å². The molecule has 0 radical (unpaired) electrons. The standard InChI is InChI=1S/C22H22N2O4/c1-13-5-7-16(10-14(13)2)23-20(25)15-6-8-18-19(11-15)22(27)24(21(18)26)12-17-4-3-9-28-17/h5-8,10-11,17H,3-4,9,12H2,1-2H3,(H,23,25)/t17-/m1/s1. The van der Waals surface area contributed by atoms with Crippen molar-refractivity contribution >= 4 is 23.4 Å². The van der Waals surface area contributed by atoms with Gasteiger partial charge in [0.15, 0.2) is 0 Å². The number of fused-ring (bicyclic) bond motifs is 1. The fourth-order valence-electron chi connectivity index (χ4n) is 3.61. The average Bonchev–Trinajstić information content (AvgIpc) is 3.28. The summed E-state index contributed by atoms with van der Waals surface area (Å²) in [6, 6.07) is 10.3. The molecule has 2 aliphatic heterocycles. The SMILES string of the molecule is Cc1ccc(NC(=O)c2ccc3c(c2)C(=O)N(C[C@H]2CCCO2)C3=O)cc1C. The lowest BCUT2D eigenvalue weighted by Crippen LogP contribution is -2.36. The molecule has 2 aliphatic rings. The highest BCUT2D eigenvalue weighted by Gasteiger charge is 2.37. The van der Waals surface area contributed by atoms with Gasteiger partial charge in [0.05, 0.1) is 23.8 Å². The zero-order chi connectivity index (χ0) is 19.8. The second-order valence-electron chi connectivity index (χ2n) is 7.37. The Morgan fingerprint density at radius 1 is 1.07 bits per heavy atom. The summed E-state index contributed by atoms with van der Waals surface area (Å²) in [6.07, 6.45) is 1.68. The van der Waals surface area contributed by atoms with E-state index in [0.717, 1.165) is 24.0 Å². The summed E-state index contributed by atoms with van der Waals surface area (Å²) >= 11 is 0. The summed E-state index contributed by atoms with van der Waals surface area (Å²) < 4.78 is 5.55. The predicted octanol–water partition coefficient (Wildman–Crippen LogP) is 3.33. The molecule has 0 aliphatic carbocycles. The minimum absolute atomic E-state index is 0.102. The Kier molecular flexibility index (Phi) is 4.73. The maximum atomic E-state index is 12.7. The van der Waals surface area contributed by atoms with Crippen molar-refractivity contribution < 1.29 is 19.1 Å². The van der Waals surface area contributed by atoms with Gasteiger partial charge >= 0.3 is 0 Å². The van der Waals surface area contributed by atoms with Crippen LogP contribution in [-0.2, 0) is 4.74 Å². The Morgan fingerprint density at radius 2 is 1.86 bits per heavy atom. The molecule has 0 unspecified atom stereocenters. The number of carbonyl (C=O) groups is 3. The number of benzene rings is 2. The lowest BCUT2D eigenvalue weighted by atomic mass is 10.0. The molecule has 28 heavy (non-hydrogen) atoms. The summed E-state index contributed by atoms with van der Waals surface area (Å²) in [6.45, 7) is 4.91. The van der Waals surface area contributed by atoms with Crippen LogP contribution in [0.4, 0.5) is 5.69 Å². The number of hydrogen-bond donors (Lipinski definition) is 1. The van der Waals surface area contributed by atoms with Crippen molar-refractivity contribution in [2.45, 2.75) is 32.8 Å². The molecule has 4 rings (SSSR count). The van der Waals surface area contributed by atoms with E-state index >= 15 is 0 Å². The summed E-state index contributed by atoms with van der Waals surface area (Å²) in [5.41, 5.74) is 3.87. The first kappa shape index (κ1) is 18.4. The molecular weight excluding hydrogens is 356 g/mol. The summed E-state index contributed by atoms with van der Waals surface area (Å²) in [7, 11) is 0. The van der Waals surface area contributed by atoms with Crippen molar-refractivity contribution in [2.24, 2.45) is 0 Å². The van der Waals surface area contributed by atoms with Crippen LogP contribution in [0.3, 0.4) is 0 Å². The van der Waals surface area contributed by atoms with Crippen molar-refractivity contribution in [1.29, 1.82) is 0 Å². The minimum atomic E-state index is -0.365. The van der Waals surface area contributed by atoms with Gasteiger partial charge in [-0.05, 0) is 68.1 Å². The molecule has 1 N–H and O–H groups in total. The average molecular weight is 378 g/mol. The monoisotopic (exact) mass is 378 g/mol. The molecule has 1 atom stereocenters. The van der Waals surface area contributed by atoms with Crippen molar-refractivity contribution in [3.63, 3.8) is 0 Å². The Morgan fingerprint density at radius 3 is 2.57 bits per heavy atom. The number of aryl methyl sites for hydroxylation is 2. The third-order valence-corrected chi connectivity index (χ3v) is 5.41. The van der Waals surface area contributed by atoms with E-state index in [4.69, 9.17) is 4.74 Å².